The van der Waals surface area contributed by atoms with E-state index in [-0.39, 0.29) is 30.7 Å². The smallest absolute Gasteiger partial charge is 0.223 e. The molecule has 2 heterocycles. The molecule has 0 spiro atoms. The number of pyridine rings is 1. The van der Waals surface area contributed by atoms with Gasteiger partial charge in [0, 0.05) is 45.2 Å². The van der Waals surface area contributed by atoms with Gasteiger partial charge in [0.2, 0.25) is 11.8 Å². The molecule has 2 amide bonds. The molecule has 1 aromatic heterocycles. The standard InChI is InChI=1S/C21H26N4O2/c1-17(18-7-3-2-4-8-18)23-20(26)10-11-21(27)25-15-13-24(14-16-25)19-9-5-6-12-22-19/h2-9,12,17H,10-11,13-16H2,1H3,(H,23,26)/t17-/m0/s1. The first kappa shape index (κ1) is 18.9. The van der Waals surface area contributed by atoms with Crippen LogP contribution in [0, 0.1) is 0 Å². The van der Waals surface area contributed by atoms with E-state index < -0.39 is 0 Å². The summed E-state index contributed by atoms with van der Waals surface area (Å²) in [5.74, 6) is 0.892. The SMILES string of the molecule is C[C@H](NC(=O)CCC(=O)N1CCN(c2ccccn2)CC1)c1ccccc1. The summed E-state index contributed by atoms with van der Waals surface area (Å²) in [7, 11) is 0. The number of nitrogens with zero attached hydrogens (tertiary/aromatic N) is 3. The van der Waals surface area contributed by atoms with Gasteiger partial charge in [0.05, 0.1) is 6.04 Å². The van der Waals surface area contributed by atoms with Crippen molar-refractivity contribution in [3.05, 3.63) is 60.3 Å². The van der Waals surface area contributed by atoms with E-state index in [2.05, 4.69) is 15.2 Å². The van der Waals surface area contributed by atoms with Crippen LogP contribution >= 0.6 is 0 Å². The summed E-state index contributed by atoms with van der Waals surface area (Å²) in [6.45, 7) is 4.81. The van der Waals surface area contributed by atoms with Gasteiger partial charge < -0.3 is 15.1 Å². The fourth-order valence-electron chi connectivity index (χ4n) is 3.24. The van der Waals surface area contributed by atoms with Crippen LogP contribution in [0.3, 0.4) is 0 Å². The topological polar surface area (TPSA) is 65.5 Å². The minimum atomic E-state index is -0.0909. The molecule has 6 heteroatoms. The van der Waals surface area contributed by atoms with Crippen molar-refractivity contribution in [2.24, 2.45) is 0 Å². The Hall–Kier alpha value is -2.89. The van der Waals surface area contributed by atoms with Crippen LogP contribution in [0.25, 0.3) is 0 Å². The number of carbonyl (C=O) groups excluding carboxylic acids is 2. The van der Waals surface area contributed by atoms with Gasteiger partial charge in [-0.3, -0.25) is 9.59 Å². The van der Waals surface area contributed by atoms with E-state index in [1.54, 1.807) is 6.20 Å². The Morgan fingerprint density at radius 3 is 2.37 bits per heavy atom. The van der Waals surface area contributed by atoms with Gasteiger partial charge in [0.25, 0.3) is 0 Å². The second kappa shape index (κ2) is 9.16. The lowest BCUT2D eigenvalue weighted by Gasteiger charge is -2.35. The number of anilines is 1. The van der Waals surface area contributed by atoms with Crippen LogP contribution in [-0.4, -0.2) is 47.9 Å². The number of hydrogen-bond donors (Lipinski definition) is 1. The number of piperazine rings is 1. The lowest BCUT2D eigenvalue weighted by molar-refractivity contribution is -0.134. The van der Waals surface area contributed by atoms with Crippen LogP contribution in [0.4, 0.5) is 5.82 Å². The minimum absolute atomic E-state index is 0.0400. The van der Waals surface area contributed by atoms with Gasteiger partial charge in [-0.1, -0.05) is 36.4 Å². The van der Waals surface area contributed by atoms with Gasteiger partial charge in [0.15, 0.2) is 0 Å². The molecule has 0 saturated carbocycles. The highest BCUT2D eigenvalue weighted by atomic mass is 16.2. The zero-order chi connectivity index (χ0) is 19.1. The molecule has 1 aliphatic heterocycles. The normalized spacial score (nSPS) is 15.3. The Morgan fingerprint density at radius 2 is 1.70 bits per heavy atom. The summed E-state index contributed by atoms with van der Waals surface area (Å²) < 4.78 is 0. The third-order valence-corrected chi connectivity index (χ3v) is 4.85. The largest absolute Gasteiger partial charge is 0.353 e. The van der Waals surface area contributed by atoms with Crippen molar-refractivity contribution >= 4 is 17.6 Å². The molecule has 0 unspecified atom stereocenters. The number of carbonyl (C=O) groups is 2. The minimum Gasteiger partial charge on any atom is -0.353 e. The highest BCUT2D eigenvalue weighted by Gasteiger charge is 2.22. The Kier molecular flexibility index (Phi) is 6.41. The van der Waals surface area contributed by atoms with Crippen molar-refractivity contribution in [1.29, 1.82) is 0 Å². The van der Waals surface area contributed by atoms with Gasteiger partial charge in [-0.15, -0.1) is 0 Å². The summed E-state index contributed by atoms with van der Waals surface area (Å²) in [6.07, 6.45) is 2.25. The molecule has 142 valence electrons. The zero-order valence-corrected chi connectivity index (χ0v) is 15.7. The Bertz CT molecular complexity index is 743. The lowest BCUT2D eigenvalue weighted by atomic mass is 10.1. The van der Waals surface area contributed by atoms with E-state index in [1.165, 1.54) is 0 Å². The quantitative estimate of drug-likeness (QED) is 0.853. The third-order valence-electron chi connectivity index (χ3n) is 4.85. The molecule has 1 fully saturated rings. The summed E-state index contributed by atoms with van der Waals surface area (Å²) in [5.41, 5.74) is 1.06. The average molecular weight is 366 g/mol. The first-order valence-electron chi connectivity index (χ1n) is 9.41. The number of amides is 2. The summed E-state index contributed by atoms with van der Waals surface area (Å²) >= 11 is 0. The molecule has 0 radical (unpaired) electrons. The molecule has 0 bridgehead atoms. The van der Waals surface area contributed by atoms with Crippen LogP contribution < -0.4 is 10.2 Å². The molecule has 3 rings (SSSR count). The lowest BCUT2D eigenvalue weighted by Crippen LogP contribution is -2.49. The summed E-state index contributed by atoms with van der Waals surface area (Å²) in [5, 5.41) is 2.96. The molecule has 2 aromatic rings. The fourth-order valence-corrected chi connectivity index (χ4v) is 3.24. The van der Waals surface area contributed by atoms with Crippen LogP contribution in [0.1, 0.15) is 31.4 Å². The molecule has 1 saturated heterocycles. The van der Waals surface area contributed by atoms with Crippen molar-refractivity contribution in [3.63, 3.8) is 0 Å². The molecule has 6 nitrogen and oxygen atoms in total. The number of aromatic nitrogens is 1. The maximum atomic E-state index is 12.4. The van der Waals surface area contributed by atoms with Crippen LogP contribution in [0.15, 0.2) is 54.7 Å². The van der Waals surface area contributed by atoms with Gasteiger partial charge in [-0.05, 0) is 24.6 Å². The van der Waals surface area contributed by atoms with E-state index in [1.807, 2.05) is 60.4 Å². The van der Waals surface area contributed by atoms with E-state index >= 15 is 0 Å². The first-order valence-corrected chi connectivity index (χ1v) is 9.41. The highest BCUT2D eigenvalue weighted by Crippen LogP contribution is 2.14. The molecular weight excluding hydrogens is 340 g/mol. The zero-order valence-electron chi connectivity index (χ0n) is 15.7. The fraction of sp³-hybridized carbons (Fsp3) is 0.381. The molecule has 1 N–H and O–H groups in total. The molecular formula is C21H26N4O2. The Balaban J connectivity index is 1.40. The number of benzene rings is 1. The van der Waals surface area contributed by atoms with E-state index in [0.717, 1.165) is 24.5 Å². The summed E-state index contributed by atoms with van der Waals surface area (Å²) in [6, 6.07) is 15.6. The Labute approximate surface area is 160 Å². The number of rotatable bonds is 6. The van der Waals surface area contributed by atoms with Crippen LogP contribution in [0.5, 0.6) is 0 Å². The van der Waals surface area contributed by atoms with E-state index in [4.69, 9.17) is 0 Å². The van der Waals surface area contributed by atoms with Gasteiger partial charge >= 0.3 is 0 Å². The average Bonchev–Trinajstić information content (AvgIpc) is 2.73. The van der Waals surface area contributed by atoms with Gasteiger partial charge in [0.1, 0.15) is 5.82 Å². The summed E-state index contributed by atoms with van der Waals surface area (Å²) in [4.78, 5) is 32.9. The third kappa shape index (κ3) is 5.29. The van der Waals surface area contributed by atoms with Gasteiger partial charge in [-0.25, -0.2) is 4.98 Å². The van der Waals surface area contributed by atoms with Crippen LogP contribution in [0.2, 0.25) is 0 Å². The highest BCUT2D eigenvalue weighted by molar-refractivity contribution is 5.84. The molecule has 0 aliphatic carbocycles. The maximum Gasteiger partial charge on any atom is 0.223 e. The first-order chi connectivity index (χ1) is 13.1. The second-order valence-corrected chi connectivity index (χ2v) is 6.76. The number of hydrogen-bond acceptors (Lipinski definition) is 4. The molecule has 27 heavy (non-hydrogen) atoms. The van der Waals surface area contributed by atoms with Crippen LogP contribution in [-0.2, 0) is 9.59 Å². The van der Waals surface area contributed by atoms with Crippen molar-refractivity contribution in [1.82, 2.24) is 15.2 Å². The number of nitrogens with one attached hydrogen (secondary N) is 1. The van der Waals surface area contributed by atoms with E-state index in [9.17, 15) is 9.59 Å². The van der Waals surface area contributed by atoms with Crippen molar-refractivity contribution < 1.29 is 9.59 Å². The van der Waals surface area contributed by atoms with Crippen molar-refractivity contribution in [2.75, 3.05) is 31.1 Å². The molecule has 1 atom stereocenters. The predicted octanol–water partition coefficient (Wildman–Crippen LogP) is 2.39. The van der Waals surface area contributed by atoms with Crippen molar-refractivity contribution in [3.8, 4) is 0 Å². The van der Waals surface area contributed by atoms with Gasteiger partial charge in [-0.2, -0.15) is 0 Å². The maximum absolute atomic E-state index is 12.4. The van der Waals surface area contributed by atoms with Crippen molar-refractivity contribution in [2.45, 2.75) is 25.8 Å². The Morgan fingerprint density at radius 1 is 1.00 bits per heavy atom. The second-order valence-electron chi connectivity index (χ2n) is 6.76. The monoisotopic (exact) mass is 366 g/mol. The van der Waals surface area contributed by atoms with E-state index in [0.29, 0.717) is 13.1 Å². The predicted molar refractivity (Wildman–Crippen MR) is 105 cm³/mol. The molecule has 1 aromatic carbocycles. The molecule has 1 aliphatic rings.